The van der Waals surface area contributed by atoms with Gasteiger partial charge in [-0.3, -0.25) is 4.79 Å². The van der Waals surface area contributed by atoms with E-state index in [4.69, 9.17) is 9.47 Å². The van der Waals surface area contributed by atoms with E-state index in [1.54, 1.807) is 0 Å². The second-order valence-corrected chi connectivity index (χ2v) is 10.4. The summed E-state index contributed by atoms with van der Waals surface area (Å²) in [6.45, 7) is 6.52. The van der Waals surface area contributed by atoms with Crippen LogP contribution in [-0.4, -0.2) is 36.7 Å². The summed E-state index contributed by atoms with van der Waals surface area (Å²) in [6, 6.07) is 23.8. The normalized spacial score (nSPS) is 18.6. The van der Waals surface area contributed by atoms with Gasteiger partial charge in [0.1, 0.15) is 36.2 Å². The third kappa shape index (κ3) is 6.20. The number of quaternary nitrogens is 1. The molecule has 0 radical (unpaired) electrons. The van der Waals surface area contributed by atoms with Crippen molar-refractivity contribution >= 4 is 24.2 Å². The molecule has 0 bridgehead atoms. The van der Waals surface area contributed by atoms with Crippen molar-refractivity contribution < 1.29 is 23.9 Å². The lowest BCUT2D eigenvalue weighted by atomic mass is 9.90. The maximum Gasteiger partial charge on any atom is 0.428 e. The average Bonchev–Trinajstić information content (AvgIpc) is 2.90. The molecule has 0 fully saturated rings. The summed E-state index contributed by atoms with van der Waals surface area (Å²) in [5, 5.41) is 5.23. The van der Waals surface area contributed by atoms with Crippen molar-refractivity contribution in [1.82, 2.24) is 15.1 Å². The Morgan fingerprint density at radius 3 is 2.26 bits per heavy atom. The largest absolute Gasteiger partial charge is 0.488 e. The topological polar surface area (TPSA) is 93.7 Å². The van der Waals surface area contributed by atoms with E-state index in [9.17, 15) is 14.4 Å². The smallest absolute Gasteiger partial charge is 0.428 e. The van der Waals surface area contributed by atoms with Crippen molar-refractivity contribution in [2.45, 2.75) is 52.0 Å². The quantitative estimate of drug-likeness (QED) is 0.337. The number of benzene rings is 3. The van der Waals surface area contributed by atoms with Crippen LogP contribution in [0.3, 0.4) is 0 Å². The molecule has 0 aromatic heterocycles. The zero-order chi connectivity index (χ0) is 27.2. The summed E-state index contributed by atoms with van der Waals surface area (Å²) in [7, 11) is 0. The van der Waals surface area contributed by atoms with Gasteiger partial charge in [0.15, 0.2) is 0 Å². The fraction of sp³-hybridized carbons (Fsp3) is 0.300. The molecule has 4 amide bonds. The molecule has 0 aliphatic carbocycles. The number of carbonyl (C=O) groups is 3. The van der Waals surface area contributed by atoms with E-state index in [1.807, 2.05) is 99.6 Å². The number of ether oxygens (including phenoxy) is 2. The number of nitrogens with zero attached hydrogens (tertiary/aromatic N) is 1. The highest BCUT2D eigenvalue weighted by atomic mass is 16.5. The Bertz CT molecular complexity index is 1270. The number of imide groups is 1. The molecule has 3 aromatic rings. The lowest BCUT2D eigenvalue weighted by molar-refractivity contribution is -0.108. The average molecular weight is 517 g/mol. The predicted molar refractivity (Wildman–Crippen MR) is 145 cm³/mol. The third-order valence-electron chi connectivity index (χ3n) is 6.58. The van der Waals surface area contributed by atoms with Crippen LogP contribution in [0.15, 0.2) is 78.9 Å². The first-order valence-electron chi connectivity index (χ1n) is 12.6. The zero-order valence-electron chi connectivity index (χ0n) is 22.0. The van der Waals surface area contributed by atoms with E-state index in [1.165, 1.54) is 0 Å². The van der Waals surface area contributed by atoms with Crippen molar-refractivity contribution in [3.63, 3.8) is 0 Å². The highest BCUT2D eigenvalue weighted by molar-refractivity contribution is 5.94. The van der Waals surface area contributed by atoms with Gasteiger partial charge >= 0.3 is 12.1 Å². The van der Waals surface area contributed by atoms with Crippen molar-refractivity contribution in [2.24, 2.45) is 0 Å². The van der Waals surface area contributed by atoms with Crippen LogP contribution in [0.25, 0.3) is 0 Å². The fourth-order valence-corrected chi connectivity index (χ4v) is 4.88. The summed E-state index contributed by atoms with van der Waals surface area (Å²) in [5.41, 5.74) is 3.29. The Morgan fingerprint density at radius 1 is 0.947 bits per heavy atom. The molecule has 0 spiro atoms. The minimum Gasteiger partial charge on any atom is -0.488 e. The molecule has 2 N–H and O–H groups in total. The Hall–Kier alpha value is -4.17. The Kier molecular flexibility index (Phi) is 8.12. The van der Waals surface area contributed by atoms with Gasteiger partial charge in [-0.25, -0.2) is 14.9 Å². The predicted octanol–water partition coefficient (Wildman–Crippen LogP) is 5.09. The molecule has 0 saturated carbocycles. The summed E-state index contributed by atoms with van der Waals surface area (Å²) in [5.74, 6) is 0.673. The number of amides is 4. The van der Waals surface area contributed by atoms with Gasteiger partial charge in [0.05, 0.1) is 6.54 Å². The lowest BCUT2D eigenvalue weighted by Gasteiger charge is -2.44. The molecule has 1 heterocycles. The van der Waals surface area contributed by atoms with E-state index in [0.29, 0.717) is 30.8 Å². The number of fused-ring (bicyclic) bond motifs is 1. The molecular formula is C30H34N3O5+. The van der Waals surface area contributed by atoms with Crippen LogP contribution in [0.1, 0.15) is 37.5 Å². The Labute approximate surface area is 223 Å². The van der Waals surface area contributed by atoms with Crippen molar-refractivity contribution in [3.05, 3.63) is 95.6 Å². The van der Waals surface area contributed by atoms with Gasteiger partial charge < -0.3 is 14.8 Å². The number of alkyl carbamates (subject to hydrolysis) is 1. The molecule has 1 aliphatic heterocycles. The Balaban J connectivity index is 1.64. The second-order valence-electron chi connectivity index (χ2n) is 10.4. The minimum atomic E-state index is -0.574. The Morgan fingerprint density at radius 2 is 1.61 bits per heavy atom. The van der Waals surface area contributed by atoms with Crippen LogP contribution in [0, 0.1) is 0 Å². The first-order chi connectivity index (χ1) is 18.2. The summed E-state index contributed by atoms with van der Waals surface area (Å²) >= 11 is 0. The zero-order valence-corrected chi connectivity index (χ0v) is 22.0. The molecule has 2 unspecified atom stereocenters. The van der Waals surface area contributed by atoms with Crippen molar-refractivity contribution in [3.8, 4) is 5.75 Å². The molecule has 8 heteroatoms. The van der Waals surface area contributed by atoms with Gasteiger partial charge in [0.2, 0.25) is 6.41 Å². The summed E-state index contributed by atoms with van der Waals surface area (Å²) < 4.78 is 11.2. The molecule has 4 rings (SSSR count). The van der Waals surface area contributed by atoms with E-state index < -0.39 is 18.2 Å². The summed E-state index contributed by atoms with van der Waals surface area (Å²) in [4.78, 5) is 37.7. The van der Waals surface area contributed by atoms with Gasteiger partial charge in [-0.2, -0.15) is 4.48 Å². The first kappa shape index (κ1) is 26.9. The first-order valence-corrected chi connectivity index (χ1v) is 12.6. The van der Waals surface area contributed by atoms with Gasteiger partial charge in [0.25, 0.3) is 0 Å². The number of hydrogen-bond acceptors (Lipinski definition) is 5. The van der Waals surface area contributed by atoms with E-state index >= 15 is 0 Å². The SMILES string of the molecule is CC(C)(C)Oc1ccc([N+]2(C(=O)NC=O)Cc3ccccc3CC2CNC(=O)OCc2ccccc2)cc1. The van der Waals surface area contributed by atoms with Crippen molar-refractivity contribution in [2.75, 3.05) is 6.54 Å². The van der Waals surface area contributed by atoms with Crippen molar-refractivity contribution in [1.29, 1.82) is 0 Å². The number of rotatable bonds is 7. The molecule has 2 atom stereocenters. The van der Waals surface area contributed by atoms with Crippen LogP contribution in [0.5, 0.6) is 5.75 Å². The molecule has 8 nitrogen and oxygen atoms in total. The highest BCUT2D eigenvalue weighted by Gasteiger charge is 2.50. The van der Waals surface area contributed by atoms with Gasteiger partial charge in [-0.15, -0.1) is 0 Å². The van der Waals surface area contributed by atoms with Crippen LogP contribution >= 0.6 is 0 Å². The van der Waals surface area contributed by atoms with E-state index in [0.717, 1.165) is 16.7 Å². The van der Waals surface area contributed by atoms with E-state index in [2.05, 4.69) is 10.6 Å². The molecule has 0 saturated heterocycles. The van der Waals surface area contributed by atoms with Crippen LogP contribution in [0.4, 0.5) is 15.3 Å². The number of urea groups is 1. The van der Waals surface area contributed by atoms with Gasteiger partial charge in [0, 0.05) is 24.1 Å². The number of carbonyl (C=O) groups excluding carboxylic acids is 3. The lowest BCUT2D eigenvalue weighted by Crippen LogP contribution is -2.68. The maximum absolute atomic E-state index is 13.7. The minimum absolute atomic E-state index is 0.140. The molecular weight excluding hydrogens is 482 g/mol. The monoisotopic (exact) mass is 516 g/mol. The second kappa shape index (κ2) is 11.5. The number of nitrogens with one attached hydrogen (secondary N) is 2. The fourth-order valence-electron chi connectivity index (χ4n) is 4.88. The van der Waals surface area contributed by atoms with Gasteiger partial charge in [-0.1, -0.05) is 54.6 Å². The van der Waals surface area contributed by atoms with Crippen LogP contribution in [-0.2, 0) is 29.1 Å². The highest BCUT2D eigenvalue weighted by Crippen LogP contribution is 2.37. The standard InChI is InChI=1S/C30H33N3O5/c1-30(2,3)38-27-15-13-25(14-16-27)33(28(35)32-21-34)19-24-12-8-7-11-23(24)17-26(33)18-31-29(36)37-20-22-9-5-4-6-10-22/h4-16,21,26H,17-20H2,1-3H3,(H-,31,32,34,35,36)/p+1. The van der Waals surface area contributed by atoms with Crippen LogP contribution in [0.2, 0.25) is 0 Å². The maximum atomic E-state index is 13.7. The number of hydrogen-bond donors (Lipinski definition) is 2. The van der Waals surface area contributed by atoms with Gasteiger partial charge in [-0.05, 0) is 44.0 Å². The van der Waals surface area contributed by atoms with E-state index in [-0.39, 0.29) is 23.2 Å². The molecule has 3 aromatic carbocycles. The molecule has 198 valence electrons. The summed E-state index contributed by atoms with van der Waals surface area (Å²) in [6.07, 6.45) is 0.343. The molecule has 1 aliphatic rings. The van der Waals surface area contributed by atoms with Crippen LogP contribution < -0.4 is 19.9 Å². The molecule has 38 heavy (non-hydrogen) atoms. The third-order valence-corrected chi connectivity index (χ3v) is 6.58.